The first-order valence-corrected chi connectivity index (χ1v) is 6.74. The minimum absolute atomic E-state index is 0.178. The smallest absolute Gasteiger partial charge is 0.251 e. The second kappa shape index (κ2) is 4.98. The molecule has 0 saturated heterocycles. The third kappa shape index (κ3) is 2.05. The van der Waals surface area contributed by atoms with Crippen LogP contribution in [-0.2, 0) is 0 Å². The predicted octanol–water partition coefficient (Wildman–Crippen LogP) is 2.21. The molecule has 0 spiro atoms. The lowest BCUT2D eigenvalue weighted by Gasteiger charge is -2.17. The normalized spacial score (nSPS) is 12.6. The summed E-state index contributed by atoms with van der Waals surface area (Å²) in [5.41, 5.74) is 1.84. The number of rotatable bonds is 2. The standard InChI is InChI=1S/C17H13NO3/c1-2-18-17(21)10-7-8-13-14(9-10)16(20)12-6-4-3-5-11(12)15(13)19/h3-9H,2H2,1H3,(H,18,21). The van der Waals surface area contributed by atoms with E-state index in [2.05, 4.69) is 5.32 Å². The van der Waals surface area contributed by atoms with Crippen LogP contribution in [0.5, 0.6) is 0 Å². The molecule has 3 rings (SSSR count). The average molecular weight is 279 g/mol. The molecule has 0 aromatic heterocycles. The van der Waals surface area contributed by atoms with Gasteiger partial charge in [0.2, 0.25) is 0 Å². The van der Waals surface area contributed by atoms with E-state index in [0.29, 0.717) is 34.4 Å². The molecule has 0 aliphatic heterocycles. The van der Waals surface area contributed by atoms with Crippen LogP contribution in [-0.4, -0.2) is 24.0 Å². The van der Waals surface area contributed by atoms with Gasteiger partial charge in [-0.1, -0.05) is 24.3 Å². The number of ketones is 2. The third-order valence-electron chi connectivity index (χ3n) is 3.52. The summed E-state index contributed by atoms with van der Waals surface area (Å²) >= 11 is 0. The molecule has 0 fully saturated rings. The molecule has 1 amide bonds. The summed E-state index contributed by atoms with van der Waals surface area (Å²) in [4.78, 5) is 36.8. The van der Waals surface area contributed by atoms with Crippen LogP contribution in [0.2, 0.25) is 0 Å². The number of hydrogen-bond acceptors (Lipinski definition) is 3. The predicted molar refractivity (Wildman–Crippen MR) is 77.8 cm³/mol. The van der Waals surface area contributed by atoms with Crippen LogP contribution in [0.25, 0.3) is 0 Å². The Morgan fingerprint density at radius 3 is 2.10 bits per heavy atom. The van der Waals surface area contributed by atoms with E-state index in [1.807, 2.05) is 6.92 Å². The van der Waals surface area contributed by atoms with E-state index in [-0.39, 0.29) is 17.5 Å². The molecule has 2 aromatic carbocycles. The topological polar surface area (TPSA) is 63.2 Å². The summed E-state index contributed by atoms with van der Waals surface area (Å²) < 4.78 is 0. The van der Waals surface area contributed by atoms with Crippen molar-refractivity contribution in [3.8, 4) is 0 Å². The van der Waals surface area contributed by atoms with E-state index < -0.39 is 0 Å². The molecule has 0 unspecified atom stereocenters. The highest BCUT2D eigenvalue weighted by Gasteiger charge is 2.29. The molecule has 4 nitrogen and oxygen atoms in total. The summed E-state index contributed by atoms with van der Waals surface area (Å²) in [6, 6.07) is 11.4. The van der Waals surface area contributed by atoms with Crippen LogP contribution in [0.15, 0.2) is 42.5 Å². The summed E-state index contributed by atoms with van der Waals surface area (Å²) in [6.07, 6.45) is 0. The van der Waals surface area contributed by atoms with Crippen LogP contribution in [0.4, 0.5) is 0 Å². The molecule has 21 heavy (non-hydrogen) atoms. The van der Waals surface area contributed by atoms with Crippen molar-refractivity contribution < 1.29 is 14.4 Å². The van der Waals surface area contributed by atoms with E-state index in [1.54, 1.807) is 36.4 Å². The maximum absolute atomic E-state index is 12.5. The van der Waals surface area contributed by atoms with Crippen molar-refractivity contribution in [3.05, 3.63) is 70.3 Å². The average Bonchev–Trinajstić information content (AvgIpc) is 2.52. The van der Waals surface area contributed by atoms with Crippen LogP contribution >= 0.6 is 0 Å². The number of carbonyl (C=O) groups is 3. The lowest BCUT2D eigenvalue weighted by Crippen LogP contribution is -2.25. The fraction of sp³-hybridized carbons (Fsp3) is 0.118. The van der Waals surface area contributed by atoms with E-state index in [9.17, 15) is 14.4 Å². The van der Waals surface area contributed by atoms with Gasteiger partial charge in [0, 0.05) is 34.4 Å². The molecular weight excluding hydrogens is 266 g/mol. The fourth-order valence-corrected chi connectivity index (χ4v) is 2.50. The molecule has 1 aliphatic rings. The van der Waals surface area contributed by atoms with Crippen molar-refractivity contribution >= 4 is 17.5 Å². The molecular formula is C17H13NO3. The zero-order chi connectivity index (χ0) is 15.0. The number of fused-ring (bicyclic) bond motifs is 2. The Kier molecular flexibility index (Phi) is 3.14. The Balaban J connectivity index is 2.13. The number of nitrogens with one attached hydrogen (secondary N) is 1. The van der Waals surface area contributed by atoms with E-state index >= 15 is 0 Å². The molecule has 1 aliphatic carbocycles. The third-order valence-corrected chi connectivity index (χ3v) is 3.52. The van der Waals surface area contributed by atoms with Gasteiger partial charge in [0.15, 0.2) is 11.6 Å². The Hall–Kier alpha value is -2.75. The van der Waals surface area contributed by atoms with Crippen molar-refractivity contribution in [2.45, 2.75) is 6.92 Å². The van der Waals surface area contributed by atoms with Gasteiger partial charge in [-0.05, 0) is 25.1 Å². The van der Waals surface area contributed by atoms with Gasteiger partial charge in [0.05, 0.1) is 0 Å². The highest BCUT2D eigenvalue weighted by molar-refractivity contribution is 6.28. The van der Waals surface area contributed by atoms with Crippen LogP contribution in [0.1, 0.15) is 49.1 Å². The van der Waals surface area contributed by atoms with Gasteiger partial charge < -0.3 is 5.32 Å². The Bertz CT molecular complexity index is 777. The highest BCUT2D eigenvalue weighted by Crippen LogP contribution is 2.27. The quantitative estimate of drug-likeness (QED) is 0.782. The molecule has 104 valence electrons. The summed E-state index contributed by atoms with van der Waals surface area (Å²) in [5.74, 6) is -0.645. The Labute approximate surface area is 121 Å². The zero-order valence-corrected chi connectivity index (χ0v) is 11.5. The second-order valence-corrected chi connectivity index (χ2v) is 4.82. The Morgan fingerprint density at radius 2 is 1.48 bits per heavy atom. The Morgan fingerprint density at radius 1 is 0.905 bits per heavy atom. The molecule has 0 heterocycles. The molecule has 0 atom stereocenters. The van der Waals surface area contributed by atoms with Gasteiger partial charge in [-0.2, -0.15) is 0 Å². The van der Waals surface area contributed by atoms with Gasteiger partial charge in [-0.25, -0.2) is 0 Å². The van der Waals surface area contributed by atoms with Crippen LogP contribution in [0.3, 0.4) is 0 Å². The summed E-state index contributed by atoms with van der Waals surface area (Å²) in [7, 11) is 0. The van der Waals surface area contributed by atoms with Crippen molar-refractivity contribution in [2.75, 3.05) is 6.54 Å². The zero-order valence-electron chi connectivity index (χ0n) is 11.5. The highest BCUT2D eigenvalue weighted by atomic mass is 16.2. The first-order chi connectivity index (χ1) is 10.1. The van der Waals surface area contributed by atoms with Gasteiger partial charge >= 0.3 is 0 Å². The lowest BCUT2D eigenvalue weighted by molar-refractivity contribution is 0.0953. The second-order valence-electron chi connectivity index (χ2n) is 4.82. The van der Waals surface area contributed by atoms with Gasteiger partial charge in [-0.3, -0.25) is 14.4 Å². The van der Waals surface area contributed by atoms with Crippen LogP contribution in [0, 0.1) is 0 Å². The molecule has 2 aromatic rings. The van der Waals surface area contributed by atoms with E-state index in [0.717, 1.165) is 0 Å². The SMILES string of the molecule is CCNC(=O)c1ccc2c(c1)C(=O)c1ccccc1C2=O. The van der Waals surface area contributed by atoms with Crippen molar-refractivity contribution in [3.63, 3.8) is 0 Å². The van der Waals surface area contributed by atoms with Crippen LogP contribution < -0.4 is 5.32 Å². The molecule has 0 bridgehead atoms. The van der Waals surface area contributed by atoms with Gasteiger partial charge in [0.25, 0.3) is 5.91 Å². The molecule has 0 radical (unpaired) electrons. The largest absolute Gasteiger partial charge is 0.352 e. The maximum atomic E-state index is 12.5. The van der Waals surface area contributed by atoms with Gasteiger partial charge in [0.1, 0.15) is 0 Å². The van der Waals surface area contributed by atoms with Crippen molar-refractivity contribution in [1.82, 2.24) is 5.32 Å². The number of amides is 1. The summed E-state index contributed by atoms with van der Waals surface area (Å²) in [6.45, 7) is 2.33. The summed E-state index contributed by atoms with van der Waals surface area (Å²) in [5, 5.41) is 2.68. The lowest BCUT2D eigenvalue weighted by atomic mass is 9.83. The fourth-order valence-electron chi connectivity index (χ4n) is 2.50. The van der Waals surface area contributed by atoms with Crippen molar-refractivity contribution in [2.24, 2.45) is 0 Å². The van der Waals surface area contributed by atoms with E-state index in [1.165, 1.54) is 6.07 Å². The maximum Gasteiger partial charge on any atom is 0.251 e. The number of benzene rings is 2. The monoisotopic (exact) mass is 279 g/mol. The van der Waals surface area contributed by atoms with Crippen molar-refractivity contribution in [1.29, 1.82) is 0 Å². The first-order valence-electron chi connectivity index (χ1n) is 6.74. The minimum atomic E-state index is -0.251. The van der Waals surface area contributed by atoms with Gasteiger partial charge in [-0.15, -0.1) is 0 Å². The first kappa shape index (κ1) is 13.2. The molecule has 4 heteroatoms. The van der Waals surface area contributed by atoms with E-state index in [4.69, 9.17) is 0 Å². The number of hydrogen-bond donors (Lipinski definition) is 1. The molecule has 1 N–H and O–H groups in total. The molecule has 0 saturated carbocycles. The minimum Gasteiger partial charge on any atom is -0.352 e. The number of carbonyl (C=O) groups excluding carboxylic acids is 3.